The molecule has 0 N–H and O–H groups in total. The minimum Gasteiger partial charge on any atom is -0.494 e. The van der Waals surface area contributed by atoms with Crippen LogP contribution in [0.1, 0.15) is 26.3 Å². The van der Waals surface area contributed by atoms with Crippen LogP contribution in [0.15, 0.2) is 24.3 Å². The van der Waals surface area contributed by atoms with E-state index in [9.17, 15) is 0 Å². The molecule has 0 heterocycles. The van der Waals surface area contributed by atoms with Gasteiger partial charge in [0.25, 0.3) is 0 Å². The third kappa shape index (κ3) is 2.76. The zero-order valence-electron chi connectivity index (χ0n) is 8.63. The smallest absolute Gasteiger partial charge is 0.119 e. The second-order valence-electron chi connectivity index (χ2n) is 3.84. The van der Waals surface area contributed by atoms with Gasteiger partial charge in [-0.15, -0.1) is 0 Å². The van der Waals surface area contributed by atoms with Gasteiger partial charge >= 0.3 is 0 Å². The highest BCUT2D eigenvalue weighted by molar-refractivity contribution is 5.32. The van der Waals surface area contributed by atoms with Crippen LogP contribution >= 0.6 is 0 Å². The molecule has 1 aromatic carbocycles. The van der Waals surface area contributed by atoms with Crippen molar-refractivity contribution in [2.75, 3.05) is 6.61 Å². The maximum Gasteiger partial charge on any atom is 0.119 e. The van der Waals surface area contributed by atoms with E-state index in [1.165, 1.54) is 5.56 Å². The van der Waals surface area contributed by atoms with E-state index < -0.39 is 0 Å². The molecule has 0 spiro atoms. The van der Waals surface area contributed by atoms with Crippen molar-refractivity contribution in [2.24, 2.45) is 0 Å². The molecule has 1 nitrogen and oxygen atoms in total. The van der Waals surface area contributed by atoms with Gasteiger partial charge in [-0.05, 0) is 37.0 Å². The average Bonchev–Trinajstić information content (AvgIpc) is 2.04. The Morgan fingerprint density at radius 2 is 1.77 bits per heavy atom. The number of rotatable bonds is 3. The summed E-state index contributed by atoms with van der Waals surface area (Å²) in [6, 6.07) is 8.12. The Bertz CT molecular complexity index is 253. The van der Waals surface area contributed by atoms with E-state index in [0.717, 1.165) is 5.75 Å². The molecular weight excluding hydrogens is 160 g/mol. The van der Waals surface area contributed by atoms with E-state index in [1.807, 2.05) is 19.1 Å². The molecule has 1 heteroatoms. The van der Waals surface area contributed by atoms with Crippen LogP contribution in [0.2, 0.25) is 0 Å². The largest absolute Gasteiger partial charge is 0.494 e. The molecule has 13 heavy (non-hydrogen) atoms. The van der Waals surface area contributed by atoms with E-state index in [-0.39, 0.29) is 5.41 Å². The van der Waals surface area contributed by atoms with Crippen molar-refractivity contribution in [2.45, 2.75) is 26.2 Å². The summed E-state index contributed by atoms with van der Waals surface area (Å²) in [5, 5.41) is 0. The molecule has 0 aromatic heterocycles. The molecule has 0 unspecified atom stereocenters. The molecule has 0 atom stereocenters. The molecule has 0 aliphatic carbocycles. The van der Waals surface area contributed by atoms with Gasteiger partial charge in [0.15, 0.2) is 0 Å². The number of hydrogen-bond donors (Lipinski definition) is 0. The Morgan fingerprint density at radius 1 is 1.23 bits per heavy atom. The number of hydrogen-bond acceptors (Lipinski definition) is 1. The first kappa shape index (κ1) is 10.1. The van der Waals surface area contributed by atoms with E-state index in [1.54, 1.807) is 0 Å². The van der Waals surface area contributed by atoms with Crippen LogP contribution in [0.4, 0.5) is 0 Å². The van der Waals surface area contributed by atoms with Crippen molar-refractivity contribution >= 4 is 0 Å². The van der Waals surface area contributed by atoms with Crippen molar-refractivity contribution in [3.8, 4) is 5.75 Å². The molecule has 0 fully saturated rings. The molecule has 1 radical (unpaired) electrons. The standard InChI is InChI=1S/C12H17O/c1-5-13-11-8-6-10(7-9-11)12(2,3)4/h6-9H,2,5H2,1,3-4H3. The summed E-state index contributed by atoms with van der Waals surface area (Å²) in [7, 11) is 0. The summed E-state index contributed by atoms with van der Waals surface area (Å²) in [5.41, 5.74) is 1.21. The van der Waals surface area contributed by atoms with E-state index in [2.05, 4.69) is 32.9 Å². The summed E-state index contributed by atoms with van der Waals surface area (Å²) in [4.78, 5) is 0. The van der Waals surface area contributed by atoms with E-state index in [0.29, 0.717) is 6.61 Å². The third-order valence-electron chi connectivity index (χ3n) is 1.95. The molecule has 0 saturated heterocycles. The van der Waals surface area contributed by atoms with Crippen LogP contribution < -0.4 is 4.74 Å². The second-order valence-corrected chi connectivity index (χ2v) is 3.84. The van der Waals surface area contributed by atoms with Gasteiger partial charge in [0.1, 0.15) is 5.75 Å². The quantitative estimate of drug-likeness (QED) is 0.689. The topological polar surface area (TPSA) is 9.23 Å². The van der Waals surface area contributed by atoms with Crippen LogP contribution in [-0.2, 0) is 5.41 Å². The number of ether oxygens (including phenoxy) is 1. The number of benzene rings is 1. The third-order valence-corrected chi connectivity index (χ3v) is 1.95. The summed E-state index contributed by atoms with van der Waals surface area (Å²) in [6.07, 6.45) is 0. The SMILES string of the molecule is [CH2]C(C)(C)c1ccc(OCC)cc1. The summed E-state index contributed by atoms with van der Waals surface area (Å²) >= 11 is 0. The van der Waals surface area contributed by atoms with Gasteiger partial charge in [-0.25, -0.2) is 0 Å². The Hall–Kier alpha value is -0.980. The Balaban J connectivity index is 2.81. The zero-order valence-corrected chi connectivity index (χ0v) is 8.63. The normalized spacial score (nSPS) is 11.4. The maximum absolute atomic E-state index is 5.35. The predicted molar refractivity (Wildman–Crippen MR) is 56.0 cm³/mol. The Morgan fingerprint density at radius 3 is 2.15 bits per heavy atom. The van der Waals surface area contributed by atoms with Gasteiger partial charge in [-0.3, -0.25) is 0 Å². The molecule has 0 amide bonds. The fraction of sp³-hybridized carbons (Fsp3) is 0.417. The molecule has 71 valence electrons. The van der Waals surface area contributed by atoms with Crippen LogP contribution in [0.5, 0.6) is 5.75 Å². The fourth-order valence-corrected chi connectivity index (χ4v) is 1.17. The monoisotopic (exact) mass is 177 g/mol. The van der Waals surface area contributed by atoms with Crippen molar-refractivity contribution in [3.63, 3.8) is 0 Å². The Labute approximate surface area is 80.7 Å². The van der Waals surface area contributed by atoms with Crippen LogP contribution in [0.3, 0.4) is 0 Å². The van der Waals surface area contributed by atoms with Gasteiger partial charge in [-0.2, -0.15) is 0 Å². The molecular formula is C12H17O. The first-order chi connectivity index (χ1) is 6.04. The summed E-state index contributed by atoms with van der Waals surface area (Å²) in [5.74, 6) is 0.926. The lowest BCUT2D eigenvalue weighted by molar-refractivity contribution is 0.340. The average molecular weight is 177 g/mol. The van der Waals surface area contributed by atoms with Crippen molar-refractivity contribution in [3.05, 3.63) is 36.8 Å². The lowest BCUT2D eigenvalue weighted by Crippen LogP contribution is -2.11. The highest BCUT2D eigenvalue weighted by Crippen LogP contribution is 2.23. The minimum atomic E-state index is -0.0231. The second kappa shape index (κ2) is 3.82. The first-order valence-electron chi connectivity index (χ1n) is 4.62. The van der Waals surface area contributed by atoms with Gasteiger partial charge in [0.2, 0.25) is 0 Å². The highest BCUT2D eigenvalue weighted by atomic mass is 16.5. The Kier molecular flexibility index (Phi) is 2.97. The van der Waals surface area contributed by atoms with Crippen molar-refractivity contribution < 1.29 is 4.74 Å². The van der Waals surface area contributed by atoms with Gasteiger partial charge in [0.05, 0.1) is 6.61 Å². The lowest BCUT2D eigenvalue weighted by atomic mass is 9.87. The molecule has 0 bridgehead atoms. The molecule has 1 aromatic rings. The van der Waals surface area contributed by atoms with Crippen molar-refractivity contribution in [1.29, 1.82) is 0 Å². The highest BCUT2D eigenvalue weighted by Gasteiger charge is 2.12. The van der Waals surface area contributed by atoms with E-state index in [4.69, 9.17) is 4.74 Å². The molecule has 0 aliphatic heterocycles. The van der Waals surface area contributed by atoms with Crippen LogP contribution in [0.25, 0.3) is 0 Å². The molecule has 0 saturated carbocycles. The van der Waals surface area contributed by atoms with Crippen LogP contribution in [0, 0.1) is 6.92 Å². The van der Waals surface area contributed by atoms with Gasteiger partial charge in [0, 0.05) is 0 Å². The fourth-order valence-electron chi connectivity index (χ4n) is 1.17. The molecule has 1 rings (SSSR count). The van der Waals surface area contributed by atoms with Crippen molar-refractivity contribution in [1.82, 2.24) is 0 Å². The van der Waals surface area contributed by atoms with E-state index >= 15 is 0 Å². The summed E-state index contributed by atoms with van der Waals surface area (Å²) < 4.78 is 5.35. The zero-order chi connectivity index (χ0) is 9.90. The first-order valence-corrected chi connectivity index (χ1v) is 4.62. The molecule has 0 aliphatic rings. The summed E-state index contributed by atoms with van der Waals surface area (Å²) in [6.45, 7) is 11.0. The van der Waals surface area contributed by atoms with Gasteiger partial charge < -0.3 is 4.74 Å². The van der Waals surface area contributed by atoms with Crippen LogP contribution in [-0.4, -0.2) is 6.61 Å². The van der Waals surface area contributed by atoms with Gasteiger partial charge in [-0.1, -0.05) is 26.0 Å². The lowest BCUT2D eigenvalue weighted by Gasteiger charge is -2.18. The minimum absolute atomic E-state index is 0.0231. The maximum atomic E-state index is 5.35. The predicted octanol–water partition coefficient (Wildman–Crippen LogP) is 3.20.